The molecule has 1 atom stereocenters. The molecule has 4 heteroatoms. The van der Waals surface area contributed by atoms with Crippen LogP contribution in [-0.4, -0.2) is 28.7 Å². The van der Waals surface area contributed by atoms with E-state index in [0.717, 1.165) is 25.9 Å². The molecule has 1 aliphatic heterocycles. The Labute approximate surface area is 86.2 Å². The zero-order valence-electron chi connectivity index (χ0n) is 6.55. The fourth-order valence-electron chi connectivity index (χ4n) is 1.21. The third-order valence-corrected chi connectivity index (χ3v) is 2.95. The Morgan fingerprint density at radius 2 is 2.36 bits per heavy atom. The summed E-state index contributed by atoms with van der Waals surface area (Å²) >= 11 is 3.36. The van der Waals surface area contributed by atoms with E-state index >= 15 is 0 Å². The number of ketones is 1. The van der Waals surface area contributed by atoms with Gasteiger partial charge in [0.15, 0.2) is 5.78 Å². The van der Waals surface area contributed by atoms with Crippen LogP contribution in [0.15, 0.2) is 0 Å². The topological polar surface area (TPSA) is 20.3 Å². The van der Waals surface area contributed by atoms with E-state index in [1.807, 2.05) is 0 Å². The second kappa shape index (κ2) is 5.27. The lowest BCUT2D eigenvalue weighted by Gasteiger charge is -2.29. The molecule has 0 aliphatic carbocycles. The highest BCUT2D eigenvalue weighted by Gasteiger charge is 2.25. The lowest BCUT2D eigenvalue weighted by Crippen LogP contribution is -2.41. The Hall–Kier alpha value is 0.590. The van der Waals surface area contributed by atoms with Gasteiger partial charge in [-0.15, -0.1) is 17.0 Å². The van der Waals surface area contributed by atoms with Gasteiger partial charge in [0, 0.05) is 13.0 Å². The number of halogens is 2. The van der Waals surface area contributed by atoms with Gasteiger partial charge >= 0.3 is 0 Å². The minimum Gasteiger partial charge on any atom is -0.297 e. The van der Waals surface area contributed by atoms with Gasteiger partial charge < -0.3 is 0 Å². The molecule has 0 amide bonds. The molecule has 1 fully saturated rings. The van der Waals surface area contributed by atoms with E-state index in [1.165, 1.54) is 0 Å². The maximum absolute atomic E-state index is 11.1. The van der Waals surface area contributed by atoms with Crippen molar-refractivity contribution in [3.05, 3.63) is 0 Å². The third kappa shape index (κ3) is 2.84. The van der Waals surface area contributed by atoms with Gasteiger partial charge in [-0.05, 0) is 13.0 Å². The number of likely N-dealkylation sites (N-methyl/N-ethyl adjacent to an activating group) is 1. The molecule has 0 saturated carbocycles. The molecule has 0 aromatic heterocycles. The van der Waals surface area contributed by atoms with Crippen LogP contribution in [-0.2, 0) is 4.79 Å². The van der Waals surface area contributed by atoms with Crippen molar-refractivity contribution in [2.45, 2.75) is 24.7 Å². The van der Waals surface area contributed by atoms with Crippen LogP contribution in [0.1, 0.15) is 19.8 Å². The molecule has 1 heterocycles. The second-order valence-corrected chi connectivity index (χ2v) is 3.40. The summed E-state index contributed by atoms with van der Waals surface area (Å²) in [6.45, 7) is 4.09. The van der Waals surface area contributed by atoms with Gasteiger partial charge in [0.2, 0.25) is 0 Å². The van der Waals surface area contributed by atoms with Crippen LogP contribution in [0.25, 0.3) is 0 Å². The molecule has 0 radical (unpaired) electrons. The van der Waals surface area contributed by atoms with Crippen LogP contribution < -0.4 is 0 Å². The molecule has 2 nitrogen and oxygen atoms in total. The smallest absolute Gasteiger partial charge is 0.160 e. The van der Waals surface area contributed by atoms with Gasteiger partial charge in [-0.3, -0.25) is 9.69 Å². The maximum atomic E-state index is 11.1. The highest BCUT2D eigenvalue weighted by atomic mass is 79.9. The van der Waals surface area contributed by atoms with Crippen molar-refractivity contribution >= 4 is 38.7 Å². The quantitative estimate of drug-likeness (QED) is 0.543. The average Bonchev–Trinajstić information content (AvgIpc) is 1.95. The summed E-state index contributed by atoms with van der Waals surface area (Å²) in [4.78, 5) is 13.2. The fraction of sp³-hybridized carbons (Fsp3) is 0.857. The van der Waals surface area contributed by atoms with E-state index in [9.17, 15) is 4.79 Å². The van der Waals surface area contributed by atoms with Crippen molar-refractivity contribution in [1.82, 2.24) is 4.90 Å². The highest BCUT2D eigenvalue weighted by molar-refractivity contribution is 9.09. The number of piperidine rings is 1. The first-order valence-corrected chi connectivity index (χ1v) is 4.58. The molecule has 0 N–H and O–H groups in total. The number of rotatable bonds is 1. The Kier molecular flexibility index (Phi) is 5.56. The number of likely N-dealkylation sites (tertiary alicyclic amines) is 1. The van der Waals surface area contributed by atoms with Crippen LogP contribution >= 0.6 is 32.9 Å². The molecule has 66 valence electrons. The summed E-state index contributed by atoms with van der Waals surface area (Å²) < 4.78 is 0. The highest BCUT2D eigenvalue weighted by Crippen LogP contribution is 2.17. The molecule has 1 saturated heterocycles. The number of Topliss-reactive ketones (excluding diaryl/α,β-unsaturated/α-hetero) is 1. The minimum atomic E-state index is -0.00810. The molecule has 0 aromatic rings. The number of carbonyl (C=O) groups excluding carboxylic acids is 1. The summed E-state index contributed by atoms with van der Waals surface area (Å²) in [7, 11) is 0. The summed E-state index contributed by atoms with van der Waals surface area (Å²) in [6.07, 6.45) is 1.77. The van der Waals surface area contributed by atoms with Gasteiger partial charge in [-0.1, -0.05) is 22.9 Å². The number of hydrogen-bond acceptors (Lipinski definition) is 2. The maximum Gasteiger partial charge on any atom is 0.160 e. The zero-order valence-corrected chi connectivity index (χ0v) is 9.85. The standard InChI is InChI=1S/C7H12BrNO.BrH/c1-2-9-5-3-4-6(10)7(9)8;/h7H,2-5H2,1H3;1H. The molecular formula is C7H13Br2NO. The van der Waals surface area contributed by atoms with Crippen LogP contribution in [0, 0.1) is 0 Å². The zero-order chi connectivity index (χ0) is 7.56. The summed E-state index contributed by atoms with van der Waals surface area (Å²) in [5.74, 6) is 0.327. The monoisotopic (exact) mass is 285 g/mol. The lowest BCUT2D eigenvalue weighted by molar-refractivity contribution is -0.123. The van der Waals surface area contributed by atoms with Crippen molar-refractivity contribution in [1.29, 1.82) is 0 Å². The average molecular weight is 287 g/mol. The largest absolute Gasteiger partial charge is 0.297 e. The summed E-state index contributed by atoms with van der Waals surface area (Å²) in [5.41, 5.74) is 0. The normalized spacial score (nSPS) is 26.4. The van der Waals surface area contributed by atoms with Crippen molar-refractivity contribution < 1.29 is 4.79 Å². The van der Waals surface area contributed by atoms with Gasteiger partial charge in [-0.25, -0.2) is 0 Å². The molecule has 1 unspecified atom stereocenters. The summed E-state index contributed by atoms with van der Waals surface area (Å²) in [5, 5.41) is 0. The van der Waals surface area contributed by atoms with Crippen LogP contribution in [0.2, 0.25) is 0 Å². The Morgan fingerprint density at radius 3 is 2.82 bits per heavy atom. The number of carbonyl (C=O) groups is 1. The first kappa shape index (κ1) is 11.6. The third-order valence-electron chi connectivity index (χ3n) is 1.86. The number of alkyl halides is 1. The summed E-state index contributed by atoms with van der Waals surface area (Å²) in [6, 6.07) is 0. The van der Waals surface area contributed by atoms with Gasteiger partial charge in [0.05, 0.1) is 0 Å². The van der Waals surface area contributed by atoms with E-state index in [1.54, 1.807) is 0 Å². The Bertz CT molecular complexity index is 140. The van der Waals surface area contributed by atoms with E-state index < -0.39 is 0 Å². The van der Waals surface area contributed by atoms with Crippen LogP contribution in [0.5, 0.6) is 0 Å². The van der Waals surface area contributed by atoms with Crippen molar-refractivity contribution in [2.75, 3.05) is 13.1 Å². The molecule has 0 bridgehead atoms. The second-order valence-electron chi connectivity index (χ2n) is 2.53. The molecule has 0 aromatic carbocycles. The molecule has 11 heavy (non-hydrogen) atoms. The van der Waals surface area contributed by atoms with Gasteiger partial charge in [-0.2, -0.15) is 0 Å². The van der Waals surface area contributed by atoms with E-state index in [4.69, 9.17) is 0 Å². The van der Waals surface area contributed by atoms with Crippen LogP contribution in [0.3, 0.4) is 0 Å². The fourth-order valence-corrected chi connectivity index (χ4v) is 1.93. The predicted octanol–water partition coefficient (Wildman–Crippen LogP) is 1.97. The molecule has 0 spiro atoms. The minimum absolute atomic E-state index is 0. The molecule has 1 rings (SSSR count). The Balaban J connectivity index is 0.000001000. The van der Waals surface area contributed by atoms with Crippen LogP contribution in [0.4, 0.5) is 0 Å². The first-order valence-electron chi connectivity index (χ1n) is 3.66. The first-order chi connectivity index (χ1) is 4.75. The van der Waals surface area contributed by atoms with E-state index in [2.05, 4.69) is 27.8 Å². The SMILES string of the molecule is Br.CCN1CCCC(=O)C1Br. The Morgan fingerprint density at radius 1 is 1.73 bits per heavy atom. The molecular weight excluding hydrogens is 274 g/mol. The van der Waals surface area contributed by atoms with E-state index in [0.29, 0.717) is 5.78 Å². The van der Waals surface area contributed by atoms with Gasteiger partial charge in [0.1, 0.15) is 4.95 Å². The van der Waals surface area contributed by atoms with E-state index in [-0.39, 0.29) is 21.9 Å². The van der Waals surface area contributed by atoms with Crippen molar-refractivity contribution in [2.24, 2.45) is 0 Å². The van der Waals surface area contributed by atoms with Crippen molar-refractivity contribution in [3.8, 4) is 0 Å². The number of nitrogens with zero attached hydrogens (tertiary/aromatic N) is 1. The predicted molar refractivity (Wildman–Crippen MR) is 54.5 cm³/mol. The van der Waals surface area contributed by atoms with Crippen molar-refractivity contribution in [3.63, 3.8) is 0 Å². The lowest BCUT2D eigenvalue weighted by atomic mass is 10.1. The molecule has 1 aliphatic rings. The number of hydrogen-bond donors (Lipinski definition) is 0. The van der Waals surface area contributed by atoms with Gasteiger partial charge in [0.25, 0.3) is 0 Å².